The standard InChI is InChI=1S/C8H14ClN5O2S/c1-5(4-17(3,15)16)11-8-13-6(9)12-7(10-2)14-8/h5H,4H2,1-3H3,(H2,10,11,12,13,14). The van der Waals surface area contributed by atoms with Crippen molar-refractivity contribution in [1.29, 1.82) is 0 Å². The predicted octanol–water partition coefficient (Wildman–Crippen LogP) is 0.412. The third kappa shape index (κ3) is 5.14. The number of anilines is 2. The van der Waals surface area contributed by atoms with Gasteiger partial charge in [-0.2, -0.15) is 15.0 Å². The topological polar surface area (TPSA) is 96.9 Å². The largest absolute Gasteiger partial charge is 0.357 e. The van der Waals surface area contributed by atoms with Crippen molar-refractivity contribution in [2.24, 2.45) is 0 Å². The van der Waals surface area contributed by atoms with Crippen LogP contribution < -0.4 is 10.6 Å². The number of hydrogen-bond acceptors (Lipinski definition) is 7. The first-order valence-electron chi connectivity index (χ1n) is 4.84. The second kappa shape index (κ2) is 5.46. The molecule has 0 aliphatic carbocycles. The lowest BCUT2D eigenvalue weighted by molar-refractivity contribution is 0.597. The summed E-state index contributed by atoms with van der Waals surface area (Å²) in [6, 6.07) is -0.312. The van der Waals surface area contributed by atoms with Gasteiger partial charge in [-0.3, -0.25) is 0 Å². The van der Waals surface area contributed by atoms with Gasteiger partial charge in [0.2, 0.25) is 17.2 Å². The lowest BCUT2D eigenvalue weighted by atomic mass is 10.4. The molecule has 17 heavy (non-hydrogen) atoms. The summed E-state index contributed by atoms with van der Waals surface area (Å²) in [6.07, 6.45) is 1.17. The first-order chi connectivity index (χ1) is 7.80. The first-order valence-corrected chi connectivity index (χ1v) is 7.27. The SMILES string of the molecule is CNc1nc(Cl)nc(NC(C)CS(C)(=O)=O)n1. The lowest BCUT2D eigenvalue weighted by Crippen LogP contribution is -2.26. The highest BCUT2D eigenvalue weighted by atomic mass is 35.5. The molecule has 0 bridgehead atoms. The number of aromatic nitrogens is 3. The molecule has 2 N–H and O–H groups in total. The van der Waals surface area contributed by atoms with Gasteiger partial charge in [-0.25, -0.2) is 8.42 Å². The van der Waals surface area contributed by atoms with Crippen LogP contribution >= 0.6 is 11.6 Å². The molecule has 96 valence electrons. The van der Waals surface area contributed by atoms with Crippen LogP contribution in [-0.4, -0.2) is 48.5 Å². The van der Waals surface area contributed by atoms with E-state index < -0.39 is 9.84 Å². The van der Waals surface area contributed by atoms with E-state index in [0.29, 0.717) is 5.95 Å². The molecule has 0 fully saturated rings. The molecule has 1 aromatic heterocycles. The van der Waals surface area contributed by atoms with E-state index in [2.05, 4.69) is 25.6 Å². The van der Waals surface area contributed by atoms with Gasteiger partial charge in [-0.15, -0.1) is 0 Å². The second-order valence-corrected chi connectivity index (χ2v) is 6.16. The fourth-order valence-electron chi connectivity index (χ4n) is 1.24. The molecule has 0 aliphatic heterocycles. The fraction of sp³-hybridized carbons (Fsp3) is 0.625. The van der Waals surface area contributed by atoms with Gasteiger partial charge >= 0.3 is 0 Å². The van der Waals surface area contributed by atoms with Crippen molar-refractivity contribution < 1.29 is 8.42 Å². The Morgan fingerprint density at radius 3 is 2.41 bits per heavy atom. The molecule has 1 rings (SSSR count). The van der Waals surface area contributed by atoms with Gasteiger partial charge in [0.05, 0.1) is 5.75 Å². The number of sulfone groups is 1. The van der Waals surface area contributed by atoms with E-state index in [4.69, 9.17) is 11.6 Å². The summed E-state index contributed by atoms with van der Waals surface area (Å²) in [6.45, 7) is 1.72. The van der Waals surface area contributed by atoms with E-state index in [-0.39, 0.29) is 23.0 Å². The van der Waals surface area contributed by atoms with Crippen LogP contribution in [0.25, 0.3) is 0 Å². The Labute approximate surface area is 105 Å². The Balaban J connectivity index is 2.77. The molecule has 0 radical (unpaired) electrons. The average molecular weight is 280 g/mol. The van der Waals surface area contributed by atoms with Crippen LogP contribution in [0.2, 0.25) is 5.28 Å². The van der Waals surface area contributed by atoms with Crippen LogP contribution in [0.1, 0.15) is 6.92 Å². The molecular weight excluding hydrogens is 266 g/mol. The maximum absolute atomic E-state index is 11.1. The minimum atomic E-state index is -3.05. The van der Waals surface area contributed by atoms with Gasteiger partial charge in [0.15, 0.2) is 0 Å². The zero-order valence-electron chi connectivity index (χ0n) is 9.73. The third-order valence-corrected chi connectivity index (χ3v) is 3.03. The highest BCUT2D eigenvalue weighted by Crippen LogP contribution is 2.10. The van der Waals surface area contributed by atoms with Crippen molar-refractivity contribution in [2.45, 2.75) is 13.0 Å². The van der Waals surface area contributed by atoms with Crippen molar-refractivity contribution in [1.82, 2.24) is 15.0 Å². The number of nitrogens with one attached hydrogen (secondary N) is 2. The summed E-state index contributed by atoms with van der Waals surface area (Å²) in [5.41, 5.74) is 0. The Hall–Kier alpha value is -1.15. The van der Waals surface area contributed by atoms with Crippen LogP contribution in [0.3, 0.4) is 0 Å². The molecule has 0 aliphatic rings. The van der Waals surface area contributed by atoms with E-state index in [1.54, 1.807) is 14.0 Å². The van der Waals surface area contributed by atoms with Gasteiger partial charge in [0.1, 0.15) is 9.84 Å². The third-order valence-electron chi connectivity index (χ3n) is 1.76. The molecule has 1 heterocycles. The zero-order chi connectivity index (χ0) is 13.1. The monoisotopic (exact) mass is 279 g/mol. The molecule has 0 amide bonds. The molecule has 0 aromatic carbocycles. The molecule has 0 saturated carbocycles. The van der Waals surface area contributed by atoms with Gasteiger partial charge in [-0.1, -0.05) is 0 Å². The molecule has 9 heteroatoms. The number of hydrogen-bond donors (Lipinski definition) is 2. The highest BCUT2D eigenvalue weighted by Gasteiger charge is 2.12. The lowest BCUT2D eigenvalue weighted by Gasteiger charge is -2.12. The summed E-state index contributed by atoms with van der Waals surface area (Å²) in [5, 5.41) is 5.61. The first kappa shape index (κ1) is 13.9. The molecule has 1 unspecified atom stereocenters. The van der Waals surface area contributed by atoms with Crippen LogP contribution in [-0.2, 0) is 9.84 Å². The van der Waals surface area contributed by atoms with Crippen molar-refractivity contribution in [3.63, 3.8) is 0 Å². The summed E-state index contributed by atoms with van der Waals surface area (Å²) in [4.78, 5) is 11.7. The predicted molar refractivity (Wildman–Crippen MR) is 67.2 cm³/mol. The van der Waals surface area contributed by atoms with E-state index >= 15 is 0 Å². The summed E-state index contributed by atoms with van der Waals surface area (Å²) in [7, 11) is -1.40. The maximum Gasteiger partial charge on any atom is 0.229 e. The smallest absolute Gasteiger partial charge is 0.229 e. The molecule has 1 aromatic rings. The molecule has 7 nitrogen and oxygen atoms in total. The Kier molecular flexibility index (Phi) is 4.47. The average Bonchev–Trinajstić information content (AvgIpc) is 2.13. The Morgan fingerprint density at radius 2 is 1.88 bits per heavy atom. The molecular formula is C8H14ClN5O2S. The second-order valence-electron chi connectivity index (χ2n) is 3.64. The Morgan fingerprint density at radius 1 is 1.29 bits per heavy atom. The van der Waals surface area contributed by atoms with E-state index in [9.17, 15) is 8.42 Å². The van der Waals surface area contributed by atoms with E-state index in [1.807, 2.05) is 0 Å². The van der Waals surface area contributed by atoms with Crippen molar-refractivity contribution in [3.8, 4) is 0 Å². The normalized spacial score (nSPS) is 13.2. The summed E-state index contributed by atoms with van der Waals surface area (Å²) >= 11 is 5.68. The molecule has 0 saturated heterocycles. The number of nitrogens with zero attached hydrogens (tertiary/aromatic N) is 3. The zero-order valence-corrected chi connectivity index (χ0v) is 11.3. The van der Waals surface area contributed by atoms with Crippen LogP contribution in [0.5, 0.6) is 0 Å². The van der Waals surface area contributed by atoms with Gasteiger partial charge in [-0.05, 0) is 18.5 Å². The fourth-order valence-corrected chi connectivity index (χ4v) is 2.39. The van der Waals surface area contributed by atoms with Crippen molar-refractivity contribution in [3.05, 3.63) is 5.28 Å². The molecule has 1 atom stereocenters. The van der Waals surface area contributed by atoms with Crippen LogP contribution in [0.4, 0.5) is 11.9 Å². The van der Waals surface area contributed by atoms with Gasteiger partial charge in [0, 0.05) is 19.3 Å². The minimum Gasteiger partial charge on any atom is -0.357 e. The Bertz CT molecular complexity index is 493. The van der Waals surface area contributed by atoms with Crippen LogP contribution in [0.15, 0.2) is 0 Å². The van der Waals surface area contributed by atoms with E-state index in [1.165, 1.54) is 6.26 Å². The summed E-state index contributed by atoms with van der Waals surface area (Å²) < 4.78 is 22.2. The van der Waals surface area contributed by atoms with Crippen LogP contribution in [0, 0.1) is 0 Å². The quantitative estimate of drug-likeness (QED) is 0.806. The highest BCUT2D eigenvalue weighted by molar-refractivity contribution is 7.90. The van der Waals surface area contributed by atoms with E-state index in [0.717, 1.165) is 0 Å². The van der Waals surface area contributed by atoms with Crippen molar-refractivity contribution >= 4 is 33.3 Å². The van der Waals surface area contributed by atoms with Crippen molar-refractivity contribution in [2.75, 3.05) is 29.7 Å². The van der Waals surface area contributed by atoms with Gasteiger partial charge in [0.25, 0.3) is 0 Å². The molecule has 0 spiro atoms. The number of halogens is 1. The maximum atomic E-state index is 11.1. The minimum absolute atomic E-state index is 0.00874. The number of rotatable bonds is 5. The summed E-state index contributed by atoms with van der Waals surface area (Å²) in [5.74, 6) is 0.551. The van der Waals surface area contributed by atoms with Gasteiger partial charge < -0.3 is 10.6 Å².